The van der Waals surface area contributed by atoms with Crippen LogP contribution in [0, 0.1) is 0 Å². The van der Waals surface area contributed by atoms with E-state index in [0.29, 0.717) is 6.29 Å². The van der Waals surface area contributed by atoms with Gasteiger partial charge in [0.05, 0.1) is 11.5 Å². The Labute approximate surface area is 182 Å². The van der Waals surface area contributed by atoms with Crippen molar-refractivity contribution in [1.82, 2.24) is 5.32 Å². The third kappa shape index (κ3) is 18.9. The van der Waals surface area contributed by atoms with Crippen LogP contribution in [0.3, 0.4) is 0 Å². The van der Waals surface area contributed by atoms with E-state index in [1.807, 2.05) is 20.8 Å². The highest BCUT2D eigenvalue weighted by atomic mass is 32.2. The molecular formula is C19H33N3O7S. The Morgan fingerprint density at radius 1 is 1.17 bits per heavy atom. The average molecular weight is 448 g/mol. The largest absolute Gasteiger partial charge is 0.476 e. The SMILES string of the molecule is C=NC(=C\SCNC(=O)OC(C)(C)C)/C(=N/OCCC=O)C(=O)O.COC(C)(C)C. The van der Waals surface area contributed by atoms with Gasteiger partial charge < -0.3 is 29.5 Å². The molecular weight excluding hydrogens is 414 g/mol. The molecule has 0 aliphatic rings. The zero-order valence-corrected chi connectivity index (χ0v) is 19.5. The van der Waals surface area contributed by atoms with Crippen molar-refractivity contribution in [3.63, 3.8) is 0 Å². The second-order valence-corrected chi connectivity index (χ2v) is 8.36. The first-order valence-electron chi connectivity index (χ1n) is 8.95. The Morgan fingerprint density at radius 3 is 2.13 bits per heavy atom. The molecule has 0 unspecified atom stereocenters. The Hall–Kier alpha value is -2.40. The average Bonchev–Trinajstić information content (AvgIpc) is 2.61. The summed E-state index contributed by atoms with van der Waals surface area (Å²) in [6, 6.07) is 0. The summed E-state index contributed by atoms with van der Waals surface area (Å²) in [6.45, 7) is 14.5. The summed E-state index contributed by atoms with van der Waals surface area (Å²) in [6.07, 6.45) is 0.114. The number of ether oxygens (including phenoxy) is 2. The number of aldehydes is 1. The van der Waals surface area contributed by atoms with Crippen molar-refractivity contribution in [3.05, 3.63) is 11.1 Å². The fourth-order valence-electron chi connectivity index (χ4n) is 1.11. The van der Waals surface area contributed by atoms with E-state index < -0.39 is 23.4 Å². The number of nitrogens with one attached hydrogen (secondary N) is 1. The fourth-order valence-corrected chi connectivity index (χ4v) is 1.74. The van der Waals surface area contributed by atoms with Crippen LogP contribution >= 0.6 is 11.8 Å². The van der Waals surface area contributed by atoms with Gasteiger partial charge in [0, 0.05) is 18.9 Å². The second kappa shape index (κ2) is 15.4. The number of aliphatic carboxylic acids is 1. The molecule has 11 heteroatoms. The molecule has 10 nitrogen and oxygen atoms in total. The molecule has 0 atom stereocenters. The fraction of sp³-hybridized carbons (Fsp3) is 0.632. The lowest BCUT2D eigenvalue weighted by Gasteiger charge is -2.19. The molecule has 0 bridgehead atoms. The lowest BCUT2D eigenvalue weighted by atomic mass is 10.2. The normalized spacial score (nSPS) is 12.2. The summed E-state index contributed by atoms with van der Waals surface area (Å²) in [4.78, 5) is 41.1. The molecule has 0 rings (SSSR count). The van der Waals surface area contributed by atoms with Crippen molar-refractivity contribution >= 4 is 42.5 Å². The summed E-state index contributed by atoms with van der Waals surface area (Å²) in [5.41, 5.74) is -1.06. The summed E-state index contributed by atoms with van der Waals surface area (Å²) >= 11 is 1.07. The van der Waals surface area contributed by atoms with Gasteiger partial charge in [-0.05, 0) is 48.3 Å². The number of carbonyl (C=O) groups excluding carboxylic acids is 2. The lowest BCUT2D eigenvalue weighted by Crippen LogP contribution is -2.32. The minimum Gasteiger partial charge on any atom is -0.476 e. The van der Waals surface area contributed by atoms with Crippen molar-refractivity contribution < 1.29 is 33.8 Å². The molecule has 0 aromatic heterocycles. The number of carboxylic acids is 1. The van der Waals surface area contributed by atoms with Crippen LogP contribution in [-0.4, -0.2) is 66.7 Å². The zero-order valence-electron chi connectivity index (χ0n) is 18.7. The van der Waals surface area contributed by atoms with Gasteiger partial charge in [0.25, 0.3) is 0 Å². The van der Waals surface area contributed by atoms with Gasteiger partial charge in [0.2, 0.25) is 5.71 Å². The van der Waals surface area contributed by atoms with E-state index in [9.17, 15) is 14.4 Å². The molecule has 2 N–H and O–H groups in total. The summed E-state index contributed by atoms with van der Waals surface area (Å²) < 4.78 is 9.98. The van der Waals surface area contributed by atoms with Crippen LogP contribution in [0.1, 0.15) is 48.0 Å². The highest BCUT2D eigenvalue weighted by Crippen LogP contribution is 2.11. The summed E-state index contributed by atoms with van der Waals surface area (Å²) in [7, 11) is 1.71. The molecule has 0 fully saturated rings. The topological polar surface area (TPSA) is 136 Å². The number of aliphatic imine (C=N–C) groups is 1. The molecule has 0 aromatic rings. The van der Waals surface area contributed by atoms with Crippen molar-refractivity contribution in [1.29, 1.82) is 0 Å². The van der Waals surface area contributed by atoms with Crippen LogP contribution in [0.5, 0.6) is 0 Å². The highest BCUT2D eigenvalue weighted by molar-refractivity contribution is 8.02. The maximum absolute atomic E-state index is 11.4. The molecule has 1 amide bonds. The Kier molecular flexibility index (Phi) is 15.3. The number of thioether (sulfide) groups is 1. The van der Waals surface area contributed by atoms with E-state index >= 15 is 0 Å². The highest BCUT2D eigenvalue weighted by Gasteiger charge is 2.17. The third-order valence-electron chi connectivity index (χ3n) is 2.60. The van der Waals surface area contributed by atoms with Crippen molar-refractivity contribution in [2.75, 3.05) is 19.6 Å². The Morgan fingerprint density at radius 2 is 1.73 bits per heavy atom. The van der Waals surface area contributed by atoms with Crippen LogP contribution in [0.15, 0.2) is 21.3 Å². The van der Waals surface area contributed by atoms with Gasteiger partial charge in [-0.1, -0.05) is 5.16 Å². The molecule has 172 valence electrons. The molecule has 0 spiro atoms. The number of alkyl carbamates (subject to hydrolysis) is 1. The smallest absolute Gasteiger partial charge is 0.408 e. The van der Waals surface area contributed by atoms with E-state index in [0.717, 1.165) is 11.8 Å². The van der Waals surface area contributed by atoms with Gasteiger partial charge in [0.1, 0.15) is 24.2 Å². The number of oxime groups is 1. The van der Waals surface area contributed by atoms with Gasteiger partial charge >= 0.3 is 12.1 Å². The first-order chi connectivity index (χ1) is 13.8. The first kappa shape index (κ1) is 29.8. The van der Waals surface area contributed by atoms with Crippen LogP contribution in [0.4, 0.5) is 4.79 Å². The molecule has 0 saturated carbocycles. The number of methoxy groups -OCH3 is 1. The van der Waals surface area contributed by atoms with E-state index in [-0.39, 0.29) is 30.2 Å². The number of carboxylic acid groups (broad SMARTS) is 1. The number of nitrogens with zero attached hydrogens (tertiary/aromatic N) is 2. The van der Waals surface area contributed by atoms with Gasteiger partial charge in [-0.15, -0.1) is 11.8 Å². The van der Waals surface area contributed by atoms with Crippen LogP contribution in [-0.2, 0) is 23.9 Å². The molecule has 30 heavy (non-hydrogen) atoms. The minimum absolute atomic E-state index is 0.0374. The van der Waals surface area contributed by atoms with Gasteiger partial charge in [0.15, 0.2) is 0 Å². The Balaban J connectivity index is 0. The second-order valence-electron chi connectivity index (χ2n) is 7.50. The maximum atomic E-state index is 11.4. The molecule has 0 saturated heterocycles. The number of rotatable bonds is 10. The van der Waals surface area contributed by atoms with Gasteiger partial charge in [-0.25, -0.2) is 9.59 Å². The van der Waals surface area contributed by atoms with E-state index in [2.05, 4.69) is 22.2 Å². The van der Waals surface area contributed by atoms with E-state index in [1.54, 1.807) is 27.9 Å². The molecule has 0 aromatic carbocycles. The van der Waals surface area contributed by atoms with Gasteiger partial charge in [-0.2, -0.15) is 0 Å². The van der Waals surface area contributed by atoms with Crippen LogP contribution in [0.2, 0.25) is 0 Å². The molecule has 0 radical (unpaired) electrons. The predicted molar refractivity (Wildman–Crippen MR) is 118 cm³/mol. The van der Waals surface area contributed by atoms with Crippen LogP contribution < -0.4 is 5.32 Å². The monoisotopic (exact) mass is 447 g/mol. The maximum Gasteiger partial charge on any atom is 0.408 e. The molecule has 0 heterocycles. The van der Waals surface area contributed by atoms with Crippen molar-refractivity contribution in [2.45, 2.75) is 59.2 Å². The number of hydrogen-bond acceptors (Lipinski definition) is 9. The summed E-state index contributed by atoms with van der Waals surface area (Å²) in [5.74, 6) is -1.23. The minimum atomic E-state index is -1.36. The quantitative estimate of drug-likeness (QED) is 0.171. The van der Waals surface area contributed by atoms with E-state index in [1.165, 1.54) is 5.41 Å². The lowest BCUT2D eigenvalue weighted by molar-refractivity contribution is -0.129. The number of hydrogen-bond donors (Lipinski definition) is 2. The zero-order chi connectivity index (χ0) is 23.8. The van der Waals surface area contributed by atoms with Crippen molar-refractivity contribution in [3.8, 4) is 0 Å². The van der Waals surface area contributed by atoms with Crippen LogP contribution in [0.25, 0.3) is 0 Å². The first-order valence-corrected chi connectivity index (χ1v) is 10.00. The standard InChI is InChI=1S/C14H21N3O6S.C5H12O/c1-14(2,3)23-13(21)16-9-24-8-10(15-4)11(12(19)20)17-22-7-5-6-18;1-5(2,3)6-4/h6,8H,4-5,7,9H2,1-3H3,(H,16,21)(H,19,20);1-4H3/b10-8-,17-11-;. The van der Waals surface area contributed by atoms with Crippen molar-refractivity contribution in [2.24, 2.45) is 10.1 Å². The molecule has 0 aliphatic heterocycles. The third-order valence-corrected chi connectivity index (χ3v) is 3.31. The number of amides is 1. The molecule has 0 aliphatic carbocycles. The predicted octanol–water partition coefficient (Wildman–Crippen LogP) is 3.22. The van der Waals surface area contributed by atoms with E-state index in [4.69, 9.17) is 19.4 Å². The number of carbonyl (C=O) groups is 3. The van der Waals surface area contributed by atoms with Gasteiger partial charge in [-0.3, -0.25) is 4.99 Å². The summed E-state index contributed by atoms with van der Waals surface area (Å²) in [5, 5.41) is 16.4. The Bertz CT molecular complexity index is 621.